The molecule has 3 N–H and O–H groups in total. The van der Waals surface area contributed by atoms with Gasteiger partial charge in [0.05, 0.1) is 11.1 Å². The number of carbonyl (C=O) groups is 1. The van der Waals surface area contributed by atoms with Gasteiger partial charge < -0.3 is 11.1 Å². The molecule has 0 saturated heterocycles. The summed E-state index contributed by atoms with van der Waals surface area (Å²) in [6.45, 7) is 0. The lowest BCUT2D eigenvalue weighted by molar-refractivity contribution is 0.0996. The van der Waals surface area contributed by atoms with Crippen LogP contribution in [0.5, 0.6) is 0 Å². The van der Waals surface area contributed by atoms with Crippen molar-refractivity contribution in [2.75, 3.05) is 12.4 Å². The van der Waals surface area contributed by atoms with Gasteiger partial charge in [-0.3, -0.25) is 9.78 Å². The van der Waals surface area contributed by atoms with Gasteiger partial charge in [-0.05, 0) is 47.5 Å². The van der Waals surface area contributed by atoms with E-state index < -0.39 is 11.7 Å². The molecule has 4 rings (SSSR count). The van der Waals surface area contributed by atoms with Crippen LogP contribution in [-0.2, 0) is 0 Å². The number of hydrogen-bond donors (Lipinski definition) is 2. The predicted molar refractivity (Wildman–Crippen MR) is 106 cm³/mol. The van der Waals surface area contributed by atoms with Crippen molar-refractivity contribution < 1.29 is 9.18 Å². The molecule has 0 bridgehead atoms. The summed E-state index contributed by atoms with van der Waals surface area (Å²) in [6.07, 6.45) is 3.40. The number of hydrogen-bond acceptors (Lipinski definition) is 5. The van der Waals surface area contributed by atoms with E-state index in [1.807, 2.05) is 30.3 Å². The molecule has 6 nitrogen and oxygen atoms in total. The van der Waals surface area contributed by atoms with Crippen LogP contribution in [-0.4, -0.2) is 27.9 Å². The van der Waals surface area contributed by atoms with E-state index in [4.69, 9.17) is 5.73 Å². The van der Waals surface area contributed by atoms with Crippen molar-refractivity contribution in [1.82, 2.24) is 15.0 Å². The van der Waals surface area contributed by atoms with Gasteiger partial charge in [-0.15, -0.1) is 0 Å². The van der Waals surface area contributed by atoms with E-state index >= 15 is 0 Å². The minimum absolute atomic E-state index is 0.144. The number of nitrogens with zero attached hydrogens (tertiary/aromatic N) is 3. The van der Waals surface area contributed by atoms with Crippen LogP contribution in [0.3, 0.4) is 0 Å². The predicted octanol–water partition coefficient (Wildman–Crippen LogP) is 3.64. The molecular weight excluding hydrogens is 357 g/mol. The molecule has 0 unspecified atom stereocenters. The molecule has 0 atom stereocenters. The Morgan fingerprint density at radius 1 is 1.04 bits per heavy atom. The molecule has 7 heteroatoms. The lowest BCUT2D eigenvalue weighted by atomic mass is 10.0. The summed E-state index contributed by atoms with van der Waals surface area (Å²) in [5, 5.41) is 3.90. The van der Waals surface area contributed by atoms with Gasteiger partial charge in [-0.1, -0.05) is 12.1 Å². The highest BCUT2D eigenvalue weighted by molar-refractivity contribution is 5.96. The molecule has 0 spiro atoms. The van der Waals surface area contributed by atoms with E-state index in [9.17, 15) is 9.18 Å². The molecule has 138 valence electrons. The SMILES string of the molecule is CNc1nc(-c2cccnc2)nc2ccc(-c3ccc(F)c(C(N)=O)c3)cc12. The molecule has 1 amide bonds. The van der Waals surface area contributed by atoms with Gasteiger partial charge in [0.2, 0.25) is 0 Å². The first-order valence-corrected chi connectivity index (χ1v) is 8.56. The van der Waals surface area contributed by atoms with Crippen LogP contribution < -0.4 is 11.1 Å². The van der Waals surface area contributed by atoms with E-state index in [0.29, 0.717) is 17.2 Å². The molecule has 0 radical (unpaired) electrons. The summed E-state index contributed by atoms with van der Waals surface area (Å²) in [5.74, 6) is -0.226. The molecule has 0 saturated carbocycles. The fraction of sp³-hybridized carbons (Fsp3) is 0.0476. The fourth-order valence-electron chi connectivity index (χ4n) is 3.02. The first-order chi connectivity index (χ1) is 13.6. The van der Waals surface area contributed by atoms with Crippen LogP contribution in [0.2, 0.25) is 0 Å². The quantitative estimate of drug-likeness (QED) is 0.570. The Morgan fingerprint density at radius 3 is 2.54 bits per heavy atom. The maximum absolute atomic E-state index is 13.8. The topological polar surface area (TPSA) is 93.8 Å². The largest absolute Gasteiger partial charge is 0.373 e. The third kappa shape index (κ3) is 3.14. The number of halogens is 1. The Bertz CT molecular complexity index is 1190. The number of aromatic nitrogens is 3. The third-order valence-corrected chi connectivity index (χ3v) is 4.42. The van der Waals surface area contributed by atoms with Crippen molar-refractivity contribution in [2.24, 2.45) is 5.73 Å². The number of nitrogens with one attached hydrogen (secondary N) is 1. The highest BCUT2D eigenvalue weighted by Crippen LogP contribution is 2.30. The van der Waals surface area contributed by atoms with Crippen molar-refractivity contribution in [3.63, 3.8) is 0 Å². The minimum atomic E-state index is -0.805. The molecule has 0 fully saturated rings. The Labute approximate surface area is 160 Å². The van der Waals surface area contributed by atoms with E-state index in [1.165, 1.54) is 12.1 Å². The maximum atomic E-state index is 13.8. The van der Waals surface area contributed by atoms with Crippen molar-refractivity contribution in [1.29, 1.82) is 0 Å². The summed E-state index contributed by atoms with van der Waals surface area (Å²) >= 11 is 0. The van der Waals surface area contributed by atoms with E-state index in [0.717, 1.165) is 22.0 Å². The lowest BCUT2D eigenvalue weighted by Gasteiger charge is -2.11. The van der Waals surface area contributed by atoms with E-state index in [-0.39, 0.29) is 5.56 Å². The monoisotopic (exact) mass is 373 g/mol. The average Bonchev–Trinajstić information content (AvgIpc) is 2.73. The molecule has 2 aromatic heterocycles. The van der Waals surface area contributed by atoms with Crippen molar-refractivity contribution >= 4 is 22.6 Å². The number of nitrogens with two attached hydrogens (primary N) is 1. The summed E-state index contributed by atoms with van der Waals surface area (Å²) in [5.41, 5.74) is 8.15. The highest BCUT2D eigenvalue weighted by Gasteiger charge is 2.13. The van der Waals surface area contributed by atoms with Crippen LogP contribution >= 0.6 is 0 Å². The second-order valence-electron chi connectivity index (χ2n) is 6.18. The lowest BCUT2D eigenvalue weighted by Crippen LogP contribution is -2.13. The summed E-state index contributed by atoms with van der Waals surface area (Å²) in [7, 11) is 1.78. The average molecular weight is 373 g/mol. The first kappa shape index (κ1) is 17.5. The standard InChI is InChI=1S/C21H16FN5O/c1-24-21-16-10-13(12-4-6-17(22)15(9-12)19(23)28)5-7-18(16)26-20(27-21)14-3-2-8-25-11-14/h2-11H,1H3,(H2,23,28)(H,24,26,27). The van der Waals surface area contributed by atoms with Gasteiger partial charge in [0, 0.05) is 30.4 Å². The number of anilines is 1. The molecule has 0 aliphatic rings. The van der Waals surface area contributed by atoms with Gasteiger partial charge in [-0.25, -0.2) is 14.4 Å². The molecule has 0 aliphatic heterocycles. The minimum Gasteiger partial charge on any atom is -0.373 e. The van der Waals surface area contributed by atoms with Gasteiger partial charge in [0.1, 0.15) is 11.6 Å². The number of pyridine rings is 1. The zero-order chi connectivity index (χ0) is 19.7. The zero-order valence-corrected chi connectivity index (χ0v) is 15.0. The van der Waals surface area contributed by atoms with Crippen molar-refractivity contribution in [2.45, 2.75) is 0 Å². The zero-order valence-electron chi connectivity index (χ0n) is 15.0. The number of carbonyl (C=O) groups excluding carboxylic acids is 1. The number of amides is 1. The number of benzene rings is 2. The van der Waals surface area contributed by atoms with E-state index in [1.54, 1.807) is 25.5 Å². The van der Waals surface area contributed by atoms with Crippen LogP contribution in [0, 0.1) is 5.82 Å². The van der Waals surface area contributed by atoms with Crippen molar-refractivity contribution in [3.8, 4) is 22.5 Å². The van der Waals surface area contributed by atoms with Crippen LogP contribution in [0.25, 0.3) is 33.4 Å². The highest BCUT2D eigenvalue weighted by atomic mass is 19.1. The Kier molecular flexibility index (Phi) is 4.41. The normalized spacial score (nSPS) is 10.8. The second kappa shape index (κ2) is 7.03. The molecule has 28 heavy (non-hydrogen) atoms. The Hall–Kier alpha value is -3.87. The van der Waals surface area contributed by atoms with Crippen LogP contribution in [0.15, 0.2) is 60.9 Å². The third-order valence-electron chi connectivity index (χ3n) is 4.42. The number of primary amides is 1. The van der Waals surface area contributed by atoms with Gasteiger partial charge >= 0.3 is 0 Å². The smallest absolute Gasteiger partial charge is 0.251 e. The van der Waals surface area contributed by atoms with E-state index in [2.05, 4.69) is 20.3 Å². The van der Waals surface area contributed by atoms with Gasteiger partial charge in [-0.2, -0.15) is 0 Å². The summed E-state index contributed by atoms with van der Waals surface area (Å²) in [4.78, 5) is 24.8. The van der Waals surface area contributed by atoms with Gasteiger partial charge in [0.15, 0.2) is 5.82 Å². The molecule has 2 heterocycles. The Morgan fingerprint density at radius 2 is 1.82 bits per heavy atom. The van der Waals surface area contributed by atoms with Crippen LogP contribution in [0.1, 0.15) is 10.4 Å². The number of fused-ring (bicyclic) bond motifs is 1. The molecular formula is C21H16FN5O. The van der Waals surface area contributed by atoms with Crippen molar-refractivity contribution in [3.05, 3.63) is 72.3 Å². The fourth-order valence-corrected chi connectivity index (χ4v) is 3.02. The first-order valence-electron chi connectivity index (χ1n) is 8.56. The molecule has 2 aromatic carbocycles. The van der Waals surface area contributed by atoms with Crippen LogP contribution in [0.4, 0.5) is 10.2 Å². The maximum Gasteiger partial charge on any atom is 0.251 e. The summed E-state index contributed by atoms with van der Waals surface area (Å²) < 4.78 is 13.8. The second-order valence-corrected chi connectivity index (χ2v) is 6.18. The Balaban J connectivity index is 1.86. The summed E-state index contributed by atoms with van der Waals surface area (Å²) in [6, 6.07) is 13.6. The number of rotatable bonds is 4. The van der Waals surface area contributed by atoms with Gasteiger partial charge in [0.25, 0.3) is 5.91 Å². The molecule has 4 aromatic rings. The molecule has 0 aliphatic carbocycles.